The molecule has 1 N–H and O–H groups in total. The topological polar surface area (TPSA) is 79.2 Å². The lowest BCUT2D eigenvalue weighted by Gasteiger charge is -2.25. The zero-order valence-electron chi connectivity index (χ0n) is 13.8. The van der Waals surface area contributed by atoms with Crippen LogP contribution in [0.3, 0.4) is 0 Å². The Morgan fingerprint density at radius 2 is 1.88 bits per heavy atom. The SMILES string of the molecule is CCN(CC)c1cccc(C(Nc2ccc(C#N)cc2)C(=O)[O-])c1. The zero-order chi connectivity index (χ0) is 17.5. The number of nitriles is 1. The van der Waals surface area contributed by atoms with Crippen LogP contribution in [0.1, 0.15) is 31.0 Å². The molecule has 0 aromatic heterocycles. The fraction of sp³-hybridized carbons (Fsp3) is 0.263. The van der Waals surface area contributed by atoms with Gasteiger partial charge in [0.05, 0.1) is 23.6 Å². The van der Waals surface area contributed by atoms with Crippen LogP contribution in [0.5, 0.6) is 0 Å². The smallest absolute Gasteiger partial charge is 0.0991 e. The lowest BCUT2D eigenvalue weighted by molar-refractivity contribution is -0.307. The number of carboxylic acid groups (broad SMARTS) is 1. The molecule has 0 saturated heterocycles. The van der Waals surface area contributed by atoms with E-state index in [1.807, 2.05) is 24.3 Å². The molecule has 124 valence electrons. The molecule has 0 aliphatic heterocycles. The second-order valence-electron chi connectivity index (χ2n) is 5.35. The molecule has 0 radical (unpaired) electrons. The molecule has 1 unspecified atom stereocenters. The maximum atomic E-state index is 11.6. The lowest BCUT2D eigenvalue weighted by atomic mass is 10.0. The van der Waals surface area contributed by atoms with Crippen molar-refractivity contribution in [3.63, 3.8) is 0 Å². The van der Waals surface area contributed by atoms with E-state index in [0.29, 0.717) is 16.8 Å². The molecule has 1 atom stereocenters. The Labute approximate surface area is 142 Å². The summed E-state index contributed by atoms with van der Waals surface area (Å²) in [5.74, 6) is -1.20. The quantitative estimate of drug-likeness (QED) is 0.846. The van der Waals surface area contributed by atoms with Gasteiger partial charge in [-0.25, -0.2) is 0 Å². The molecule has 0 bridgehead atoms. The second-order valence-corrected chi connectivity index (χ2v) is 5.35. The average Bonchev–Trinajstić information content (AvgIpc) is 2.61. The zero-order valence-corrected chi connectivity index (χ0v) is 13.8. The Morgan fingerprint density at radius 3 is 2.42 bits per heavy atom. The van der Waals surface area contributed by atoms with Gasteiger partial charge in [-0.05, 0) is 55.8 Å². The Balaban J connectivity index is 2.28. The molecule has 2 aromatic carbocycles. The monoisotopic (exact) mass is 322 g/mol. The van der Waals surface area contributed by atoms with Crippen LogP contribution in [0.15, 0.2) is 48.5 Å². The summed E-state index contributed by atoms with van der Waals surface area (Å²) in [6.45, 7) is 5.81. The van der Waals surface area contributed by atoms with Crippen molar-refractivity contribution >= 4 is 17.3 Å². The average molecular weight is 322 g/mol. The van der Waals surface area contributed by atoms with Gasteiger partial charge in [0, 0.05) is 24.5 Å². The number of hydrogen-bond donors (Lipinski definition) is 1. The highest BCUT2D eigenvalue weighted by Gasteiger charge is 2.14. The molecule has 5 nitrogen and oxygen atoms in total. The minimum Gasteiger partial charge on any atom is -0.548 e. The molecular formula is C19H20N3O2-. The largest absolute Gasteiger partial charge is 0.548 e. The maximum Gasteiger partial charge on any atom is 0.0991 e. The van der Waals surface area contributed by atoms with Crippen molar-refractivity contribution in [2.45, 2.75) is 19.9 Å². The second kappa shape index (κ2) is 8.02. The third-order valence-electron chi connectivity index (χ3n) is 3.89. The van der Waals surface area contributed by atoms with Gasteiger partial charge in [-0.3, -0.25) is 0 Å². The summed E-state index contributed by atoms with van der Waals surface area (Å²) in [7, 11) is 0. The summed E-state index contributed by atoms with van der Waals surface area (Å²) < 4.78 is 0. The standard InChI is InChI=1S/C19H21N3O2/c1-3-22(4-2)17-7-5-6-15(12-17)18(19(23)24)21-16-10-8-14(13-20)9-11-16/h5-12,18,21H,3-4H2,1-2H3,(H,23,24)/p-1. The van der Waals surface area contributed by atoms with E-state index in [9.17, 15) is 9.90 Å². The minimum atomic E-state index is -1.20. The van der Waals surface area contributed by atoms with Crippen LogP contribution >= 0.6 is 0 Å². The first-order valence-electron chi connectivity index (χ1n) is 7.91. The van der Waals surface area contributed by atoms with Crippen molar-refractivity contribution in [1.29, 1.82) is 5.26 Å². The van der Waals surface area contributed by atoms with Crippen LogP contribution in [0.25, 0.3) is 0 Å². The van der Waals surface area contributed by atoms with Crippen LogP contribution in [-0.4, -0.2) is 19.1 Å². The molecule has 2 aromatic rings. The summed E-state index contributed by atoms with van der Waals surface area (Å²) in [6, 6.07) is 15.2. The first-order chi connectivity index (χ1) is 11.6. The Kier molecular flexibility index (Phi) is 5.80. The van der Waals surface area contributed by atoms with Gasteiger partial charge in [-0.1, -0.05) is 12.1 Å². The number of nitrogens with one attached hydrogen (secondary N) is 1. The summed E-state index contributed by atoms with van der Waals surface area (Å²) >= 11 is 0. The molecule has 0 saturated carbocycles. The number of aliphatic carboxylic acids is 1. The molecule has 5 heteroatoms. The van der Waals surface area contributed by atoms with Gasteiger partial charge in [0.1, 0.15) is 0 Å². The fourth-order valence-corrected chi connectivity index (χ4v) is 2.58. The number of carbonyl (C=O) groups is 1. The lowest BCUT2D eigenvalue weighted by Crippen LogP contribution is -2.34. The van der Waals surface area contributed by atoms with Crippen LogP contribution in [-0.2, 0) is 4.79 Å². The van der Waals surface area contributed by atoms with Crippen LogP contribution in [0.4, 0.5) is 11.4 Å². The van der Waals surface area contributed by atoms with E-state index in [2.05, 4.69) is 24.1 Å². The number of anilines is 2. The normalized spacial score (nSPS) is 11.4. The van der Waals surface area contributed by atoms with Crippen molar-refractivity contribution < 1.29 is 9.90 Å². The van der Waals surface area contributed by atoms with E-state index >= 15 is 0 Å². The van der Waals surface area contributed by atoms with Crippen molar-refractivity contribution in [1.82, 2.24) is 0 Å². The predicted octanol–water partition coefficient (Wildman–Crippen LogP) is 2.31. The number of carboxylic acids is 1. The van der Waals surface area contributed by atoms with Gasteiger partial charge < -0.3 is 20.1 Å². The first-order valence-corrected chi connectivity index (χ1v) is 7.91. The maximum absolute atomic E-state index is 11.6. The van der Waals surface area contributed by atoms with E-state index in [1.54, 1.807) is 30.3 Å². The minimum absolute atomic E-state index is 0.522. The summed E-state index contributed by atoms with van der Waals surface area (Å²) in [4.78, 5) is 13.8. The molecule has 0 fully saturated rings. The van der Waals surface area contributed by atoms with Crippen LogP contribution in [0, 0.1) is 11.3 Å². The molecule has 0 aliphatic carbocycles. The van der Waals surface area contributed by atoms with Crippen molar-refractivity contribution in [3.8, 4) is 6.07 Å². The predicted molar refractivity (Wildman–Crippen MR) is 92.5 cm³/mol. The molecule has 2 rings (SSSR count). The highest BCUT2D eigenvalue weighted by atomic mass is 16.4. The van der Waals surface area contributed by atoms with Gasteiger partial charge in [0.25, 0.3) is 0 Å². The van der Waals surface area contributed by atoms with Crippen LogP contribution in [0.2, 0.25) is 0 Å². The van der Waals surface area contributed by atoms with E-state index in [0.717, 1.165) is 18.8 Å². The van der Waals surface area contributed by atoms with Gasteiger partial charge >= 0.3 is 0 Å². The van der Waals surface area contributed by atoms with E-state index in [1.165, 1.54) is 0 Å². The fourth-order valence-electron chi connectivity index (χ4n) is 2.58. The summed E-state index contributed by atoms with van der Waals surface area (Å²) in [5.41, 5.74) is 2.75. The van der Waals surface area contributed by atoms with E-state index < -0.39 is 12.0 Å². The molecule has 0 amide bonds. The van der Waals surface area contributed by atoms with Gasteiger partial charge in [-0.2, -0.15) is 5.26 Å². The number of hydrogen-bond acceptors (Lipinski definition) is 5. The highest BCUT2D eigenvalue weighted by Crippen LogP contribution is 2.24. The Bertz CT molecular complexity index is 731. The van der Waals surface area contributed by atoms with Gasteiger partial charge in [-0.15, -0.1) is 0 Å². The number of nitrogens with zero attached hydrogens (tertiary/aromatic N) is 2. The first kappa shape index (κ1) is 17.4. The van der Waals surface area contributed by atoms with E-state index in [4.69, 9.17) is 5.26 Å². The third kappa shape index (κ3) is 4.05. The van der Waals surface area contributed by atoms with Crippen LogP contribution < -0.4 is 15.3 Å². The molecular weight excluding hydrogens is 302 g/mol. The van der Waals surface area contributed by atoms with Gasteiger partial charge in [0.2, 0.25) is 0 Å². The number of carbonyl (C=O) groups excluding carboxylic acids is 1. The van der Waals surface area contributed by atoms with Crippen molar-refractivity contribution in [3.05, 3.63) is 59.7 Å². The highest BCUT2D eigenvalue weighted by molar-refractivity contribution is 5.78. The number of rotatable bonds is 7. The molecule has 0 spiro atoms. The van der Waals surface area contributed by atoms with Gasteiger partial charge in [0.15, 0.2) is 0 Å². The third-order valence-corrected chi connectivity index (χ3v) is 3.89. The van der Waals surface area contributed by atoms with Crippen molar-refractivity contribution in [2.75, 3.05) is 23.3 Å². The number of benzene rings is 2. The summed E-state index contributed by atoms with van der Waals surface area (Å²) in [6.07, 6.45) is 0. The Morgan fingerprint density at radius 1 is 1.21 bits per heavy atom. The van der Waals surface area contributed by atoms with E-state index in [-0.39, 0.29) is 0 Å². The summed E-state index contributed by atoms with van der Waals surface area (Å²) in [5, 5.41) is 23.4. The molecule has 24 heavy (non-hydrogen) atoms. The Hall–Kier alpha value is -3.00. The molecule has 0 aliphatic rings. The molecule has 0 heterocycles. The van der Waals surface area contributed by atoms with Crippen molar-refractivity contribution in [2.24, 2.45) is 0 Å².